The number of hydrogen-bond acceptors (Lipinski definition) is 4. The average molecular weight is 266 g/mol. The van der Waals surface area contributed by atoms with Crippen LogP contribution < -0.4 is 10.1 Å². The smallest absolute Gasteiger partial charge is 0.214 e. The quantitative estimate of drug-likeness (QED) is 0.785. The zero-order valence-electron chi connectivity index (χ0n) is 12.7. The minimum Gasteiger partial charge on any atom is -0.472 e. The van der Waals surface area contributed by atoms with Crippen molar-refractivity contribution in [1.82, 2.24) is 10.3 Å². The molecule has 108 valence electrons. The highest BCUT2D eigenvalue weighted by Crippen LogP contribution is 2.20. The van der Waals surface area contributed by atoms with E-state index >= 15 is 0 Å². The molecule has 0 aliphatic rings. The Morgan fingerprint density at radius 3 is 2.58 bits per heavy atom. The summed E-state index contributed by atoms with van der Waals surface area (Å²) in [7, 11) is 1.68. The molecule has 4 nitrogen and oxygen atoms in total. The molecule has 19 heavy (non-hydrogen) atoms. The van der Waals surface area contributed by atoms with Gasteiger partial charge in [0.05, 0.1) is 6.61 Å². The molecule has 1 N–H and O–H groups in total. The van der Waals surface area contributed by atoms with Crippen LogP contribution in [0.5, 0.6) is 5.88 Å². The van der Waals surface area contributed by atoms with Gasteiger partial charge in [-0.05, 0) is 31.0 Å². The van der Waals surface area contributed by atoms with Crippen LogP contribution in [0.3, 0.4) is 0 Å². The highest BCUT2D eigenvalue weighted by Gasteiger charge is 2.10. The fourth-order valence-corrected chi connectivity index (χ4v) is 1.78. The van der Waals surface area contributed by atoms with Gasteiger partial charge in [0.25, 0.3) is 0 Å². The third-order valence-corrected chi connectivity index (χ3v) is 2.78. The Morgan fingerprint density at radius 2 is 2.00 bits per heavy atom. The standard InChI is InChI=1S/C15H26N2O2/c1-6-16-9-13-7-14(11(2)3)17-15(8-13)19-12(4)10-18-5/h7-8,11-12,16H,6,9-10H2,1-5H3. The Labute approximate surface area is 116 Å². The zero-order chi connectivity index (χ0) is 14.3. The molecule has 0 spiro atoms. The fraction of sp³-hybridized carbons (Fsp3) is 0.667. The maximum absolute atomic E-state index is 5.80. The van der Waals surface area contributed by atoms with E-state index in [9.17, 15) is 0 Å². The Bertz CT molecular complexity index is 380. The summed E-state index contributed by atoms with van der Waals surface area (Å²) in [5, 5.41) is 3.33. The van der Waals surface area contributed by atoms with Gasteiger partial charge in [-0.1, -0.05) is 20.8 Å². The van der Waals surface area contributed by atoms with Crippen LogP contribution in [-0.2, 0) is 11.3 Å². The van der Waals surface area contributed by atoms with E-state index in [1.165, 1.54) is 5.56 Å². The number of methoxy groups -OCH3 is 1. The van der Waals surface area contributed by atoms with Crippen molar-refractivity contribution in [2.24, 2.45) is 0 Å². The van der Waals surface area contributed by atoms with Gasteiger partial charge < -0.3 is 14.8 Å². The molecule has 0 radical (unpaired) electrons. The third kappa shape index (κ3) is 5.57. The van der Waals surface area contributed by atoms with Gasteiger partial charge in [0.15, 0.2) is 0 Å². The summed E-state index contributed by atoms with van der Waals surface area (Å²) in [6.45, 7) is 10.7. The van der Waals surface area contributed by atoms with Crippen LogP contribution in [-0.4, -0.2) is 31.3 Å². The maximum atomic E-state index is 5.80. The summed E-state index contributed by atoms with van der Waals surface area (Å²) < 4.78 is 10.9. The van der Waals surface area contributed by atoms with Gasteiger partial charge >= 0.3 is 0 Å². The molecule has 1 atom stereocenters. The van der Waals surface area contributed by atoms with Crippen LogP contribution in [0.1, 0.15) is 44.9 Å². The third-order valence-electron chi connectivity index (χ3n) is 2.78. The van der Waals surface area contributed by atoms with Crippen molar-refractivity contribution < 1.29 is 9.47 Å². The van der Waals surface area contributed by atoms with Crippen molar-refractivity contribution >= 4 is 0 Å². The molecular weight excluding hydrogens is 240 g/mol. The molecule has 1 heterocycles. The molecule has 4 heteroatoms. The average Bonchev–Trinajstić information content (AvgIpc) is 2.36. The molecule has 1 aromatic heterocycles. The second-order valence-electron chi connectivity index (χ2n) is 5.06. The van der Waals surface area contributed by atoms with Gasteiger partial charge in [0.2, 0.25) is 5.88 Å². The second-order valence-corrected chi connectivity index (χ2v) is 5.06. The fourth-order valence-electron chi connectivity index (χ4n) is 1.78. The van der Waals surface area contributed by atoms with E-state index in [-0.39, 0.29) is 6.10 Å². The molecular formula is C15H26N2O2. The normalized spacial score (nSPS) is 12.7. The molecule has 0 saturated heterocycles. The molecule has 0 aliphatic carbocycles. The molecule has 0 bridgehead atoms. The van der Waals surface area contributed by atoms with Crippen molar-refractivity contribution in [2.75, 3.05) is 20.3 Å². The lowest BCUT2D eigenvalue weighted by Gasteiger charge is -2.16. The monoisotopic (exact) mass is 266 g/mol. The van der Waals surface area contributed by atoms with Crippen molar-refractivity contribution in [3.8, 4) is 5.88 Å². The SMILES string of the molecule is CCNCc1cc(OC(C)COC)nc(C(C)C)c1. The first kappa shape index (κ1) is 15.9. The highest BCUT2D eigenvalue weighted by molar-refractivity contribution is 5.26. The van der Waals surface area contributed by atoms with Crippen molar-refractivity contribution in [1.29, 1.82) is 0 Å². The van der Waals surface area contributed by atoms with Gasteiger partial charge in [-0.15, -0.1) is 0 Å². The predicted molar refractivity (Wildman–Crippen MR) is 77.7 cm³/mol. The van der Waals surface area contributed by atoms with Gasteiger partial charge in [-0.25, -0.2) is 4.98 Å². The number of nitrogens with one attached hydrogen (secondary N) is 1. The minimum atomic E-state index is 0.00639. The lowest BCUT2D eigenvalue weighted by Crippen LogP contribution is -2.19. The molecule has 1 aromatic rings. The van der Waals surface area contributed by atoms with E-state index < -0.39 is 0 Å². The van der Waals surface area contributed by atoms with Crippen LogP contribution in [0.15, 0.2) is 12.1 Å². The number of pyridine rings is 1. The van der Waals surface area contributed by atoms with Crippen LogP contribution in [0.25, 0.3) is 0 Å². The van der Waals surface area contributed by atoms with Gasteiger partial charge in [0, 0.05) is 25.4 Å². The van der Waals surface area contributed by atoms with Crippen LogP contribution >= 0.6 is 0 Å². The number of rotatable bonds is 8. The summed E-state index contributed by atoms with van der Waals surface area (Å²) in [5.41, 5.74) is 2.27. The Morgan fingerprint density at radius 1 is 1.26 bits per heavy atom. The second kappa shape index (κ2) is 8.12. The maximum Gasteiger partial charge on any atom is 0.214 e. The van der Waals surface area contributed by atoms with E-state index in [1.54, 1.807) is 7.11 Å². The van der Waals surface area contributed by atoms with Crippen molar-refractivity contribution in [3.63, 3.8) is 0 Å². The van der Waals surface area contributed by atoms with E-state index in [4.69, 9.17) is 9.47 Å². The Balaban J connectivity index is 2.86. The lowest BCUT2D eigenvalue weighted by atomic mass is 10.1. The van der Waals surface area contributed by atoms with Crippen LogP contribution in [0, 0.1) is 0 Å². The highest BCUT2D eigenvalue weighted by atomic mass is 16.5. The van der Waals surface area contributed by atoms with E-state index in [0.717, 1.165) is 18.8 Å². The van der Waals surface area contributed by atoms with Crippen LogP contribution in [0.2, 0.25) is 0 Å². The number of aromatic nitrogens is 1. The summed E-state index contributed by atoms with van der Waals surface area (Å²) in [4.78, 5) is 4.56. The first-order chi connectivity index (χ1) is 9.06. The van der Waals surface area contributed by atoms with Gasteiger partial charge in [0.1, 0.15) is 6.10 Å². The van der Waals surface area contributed by atoms with E-state index in [1.807, 2.05) is 13.0 Å². The molecule has 1 unspecified atom stereocenters. The topological polar surface area (TPSA) is 43.4 Å². The Hall–Kier alpha value is -1.13. The molecule has 0 aliphatic heterocycles. The van der Waals surface area contributed by atoms with E-state index in [0.29, 0.717) is 18.4 Å². The predicted octanol–water partition coefficient (Wildman–Crippen LogP) is 2.73. The van der Waals surface area contributed by atoms with Crippen LogP contribution in [0.4, 0.5) is 0 Å². The number of hydrogen-bond donors (Lipinski definition) is 1. The first-order valence-electron chi connectivity index (χ1n) is 6.94. The summed E-state index contributed by atoms with van der Waals surface area (Å²) in [6.07, 6.45) is 0.00639. The molecule has 0 amide bonds. The van der Waals surface area contributed by atoms with Crippen molar-refractivity contribution in [3.05, 3.63) is 23.4 Å². The number of nitrogens with zero attached hydrogens (tertiary/aromatic N) is 1. The zero-order valence-corrected chi connectivity index (χ0v) is 12.7. The summed E-state index contributed by atoms with van der Waals surface area (Å²) in [6, 6.07) is 4.14. The largest absolute Gasteiger partial charge is 0.472 e. The molecule has 0 saturated carbocycles. The van der Waals surface area contributed by atoms with Gasteiger partial charge in [-0.2, -0.15) is 0 Å². The lowest BCUT2D eigenvalue weighted by molar-refractivity contribution is 0.0887. The molecule has 0 aromatic carbocycles. The first-order valence-corrected chi connectivity index (χ1v) is 6.94. The number of ether oxygens (including phenoxy) is 2. The Kier molecular flexibility index (Phi) is 6.81. The van der Waals surface area contributed by atoms with Crippen molar-refractivity contribution in [2.45, 2.75) is 46.3 Å². The molecule has 0 fully saturated rings. The van der Waals surface area contributed by atoms with E-state index in [2.05, 4.69) is 37.1 Å². The summed E-state index contributed by atoms with van der Waals surface area (Å²) >= 11 is 0. The molecule has 1 rings (SSSR count). The summed E-state index contributed by atoms with van der Waals surface area (Å²) in [5.74, 6) is 1.07. The van der Waals surface area contributed by atoms with Gasteiger partial charge in [-0.3, -0.25) is 0 Å². The minimum absolute atomic E-state index is 0.00639.